The van der Waals surface area contributed by atoms with Gasteiger partial charge in [-0.2, -0.15) is 0 Å². The van der Waals surface area contributed by atoms with E-state index < -0.39 is 11.6 Å². The summed E-state index contributed by atoms with van der Waals surface area (Å²) in [6.45, 7) is 4.29. The van der Waals surface area contributed by atoms with E-state index in [9.17, 15) is 13.6 Å². The van der Waals surface area contributed by atoms with Gasteiger partial charge >= 0.3 is 0 Å². The maximum Gasteiger partial charge on any atom is 0.224 e. The van der Waals surface area contributed by atoms with Crippen LogP contribution < -0.4 is 10.6 Å². The molecule has 0 fully saturated rings. The lowest BCUT2D eigenvalue weighted by Crippen LogP contribution is -2.28. The van der Waals surface area contributed by atoms with Crippen molar-refractivity contribution in [2.75, 3.05) is 19.6 Å². The summed E-state index contributed by atoms with van der Waals surface area (Å²) in [5.74, 6) is -1.57. The Bertz CT molecular complexity index is 397. The molecule has 0 radical (unpaired) electrons. The van der Waals surface area contributed by atoms with Gasteiger partial charge in [0.15, 0.2) is 0 Å². The van der Waals surface area contributed by atoms with Gasteiger partial charge in [-0.1, -0.05) is 13.0 Å². The summed E-state index contributed by atoms with van der Waals surface area (Å²) in [5.41, 5.74) is 0.209. The van der Waals surface area contributed by atoms with Gasteiger partial charge in [-0.05, 0) is 31.1 Å². The maximum atomic E-state index is 13.3. The largest absolute Gasteiger partial charge is 0.356 e. The van der Waals surface area contributed by atoms with Crippen LogP contribution in [0.3, 0.4) is 0 Å². The Hall–Kier alpha value is -1.49. The van der Waals surface area contributed by atoms with Crippen LogP contribution in [0.15, 0.2) is 18.2 Å². The zero-order valence-electron chi connectivity index (χ0n) is 10.4. The molecule has 1 aromatic carbocycles. The van der Waals surface area contributed by atoms with Crippen molar-refractivity contribution in [1.82, 2.24) is 10.6 Å². The molecule has 0 aromatic heterocycles. The van der Waals surface area contributed by atoms with Gasteiger partial charge in [0, 0.05) is 12.6 Å². The number of hydrogen-bond donors (Lipinski definition) is 2. The second-order valence-electron chi connectivity index (χ2n) is 3.97. The molecule has 1 aromatic rings. The van der Waals surface area contributed by atoms with Crippen molar-refractivity contribution < 1.29 is 13.6 Å². The lowest BCUT2D eigenvalue weighted by atomic mass is 10.1. The molecule has 1 rings (SSSR count). The fourth-order valence-electron chi connectivity index (χ4n) is 1.52. The van der Waals surface area contributed by atoms with Gasteiger partial charge in [-0.25, -0.2) is 8.78 Å². The summed E-state index contributed by atoms with van der Waals surface area (Å²) < 4.78 is 25.9. The normalized spacial score (nSPS) is 10.4. The maximum absolute atomic E-state index is 13.3. The van der Waals surface area contributed by atoms with E-state index in [4.69, 9.17) is 0 Å². The second-order valence-corrected chi connectivity index (χ2v) is 3.97. The minimum absolute atomic E-state index is 0.0622. The molecule has 0 heterocycles. The Labute approximate surface area is 106 Å². The molecule has 0 atom stereocenters. The molecule has 0 bridgehead atoms. The van der Waals surface area contributed by atoms with E-state index in [0.29, 0.717) is 6.54 Å². The average Bonchev–Trinajstić information content (AvgIpc) is 2.32. The molecule has 0 spiro atoms. The van der Waals surface area contributed by atoms with Crippen molar-refractivity contribution in [3.05, 3.63) is 35.4 Å². The van der Waals surface area contributed by atoms with Crippen LogP contribution in [0.2, 0.25) is 0 Å². The summed E-state index contributed by atoms with van der Waals surface area (Å²) in [6.07, 6.45) is 0.763. The Morgan fingerprint density at radius 3 is 2.72 bits per heavy atom. The average molecular weight is 256 g/mol. The topological polar surface area (TPSA) is 41.1 Å². The van der Waals surface area contributed by atoms with Gasteiger partial charge in [0.05, 0.1) is 6.42 Å². The lowest BCUT2D eigenvalue weighted by molar-refractivity contribution is -0.120. The zero-order valence-corrected chi connectivity index (χ0v) is 10.4. The van der Waals surface area contributed by atoms with Crippen LogP contribution in [0.25, 0.3) is 0 Å². The van der Waals surface area contributed by atoms with E-state index in [2.05, 4.69) is 10.6 Å². The predicted octanol–water partition coefficient (Wildman–Crippen LogP) is 1.62. The number of halogens is 2. The van der Waals surface area contributed by atoms with Crippen molar-refractivity contribution in [3.63, 3.8) is 0 Å². The van der Waals surface area contributed by atoms with Crippen LogP contribution in [-0.4, -0.2) is 25.5 Å². The Morgan fingerprint density at radius 1 is 1.28 bits per heavy atom. The van der Waals surface area contributed by atoms with Crippen molar-refractivity contribution in [2.45, 2.75) is 19.8 Å². The second kappa shape index (κ2) is 7.76. The van der Waals surface area contributed by atoms with Crippen molar-refractivity contribution in [1.29, 1.82) is 0 Å². The first kappa shape index (κ1) is 14.6. The van der Waals surface area contributed by atoms with Crippen LogP contribution in [0.1, 0.15) is 18.9 Å². The standard InChI is InChI=1S/C13H18F2N2O/c1-2-16-6-3-7-17-13(18)8-10-4-5-11(14)9-12(10)15/h4-5,9,16H,2-3,6-8H2,1H3,(H,17,18). The van der Waals surface area contributed by atoms with Gasteiger partial charge in [-0.3, -0.25) is 4.79 Å². The highest BCUT2D eigenvalue weighted by molar-refractivity contribution is 5.78. The summed E-state index contributed by atoms with van der Waals surface area (Å²) in [4.78, 5) is 11.5. The van der Waals surface area contributed by atoms with E-state index >= 15 is 0 Å². The molecule has 0 saturated heterocycles. The number of carbonyl (C=O) groups is 1. The summed E-state index contributed by atoms with van der Waals surface area (Å²) in [5, 5.41) is 5.83. The van der Waals surface area contributed by atoms with Crippen molar-refractivity contribution in [2.24, 2.45) is 0 Å². The van der Waals surface area contributed by atoms with E-state index in [0.717, 1.165) is 31.6 Å². The van der Waals surface area contributed by atoms with Crippen LogP contribution in [0.5, 0.6) is 0 Å². The van der Waals surface area contributed by atoms with Crippen molar-refractivity contribution >= 4 is 5.91 Å². The van der Waals surface area contributed by atoms with E-state index in [-0.39, 0.29) is 17.9 Å². The molecule has 100 valence electrons. The molecule has 0 aliphatic carbocycles. The molecule has 1 amide bonds. The van der Waals surface area contributed by atoms with Gasteiger partial charge in [0.2, 0.25) is 5.91 Å². The lowest BCUT2D eigenvalue weighted by Gasteiger charge is -2.06. The van der Waals surface area contributed by atoms with Crippen LogP contribution in [-0.2, 0) is 11.2 Å². The molecule has 0 aliphatic rings. The number of carbonyl (C=O) groups excluding carboxylic acids is 1. The Morgan fingerprint density at radius 2 is 2.06 bits per heavy atom. The Kier molecular flexibility index (Phi) is 6.28. The molecule has 0 unspecified atom stereocenters. The fourth-order valence-corrected chi connectivity index (χ4v) is 1.52. The quantitative estimate of drug-likeness (QED) is 0.728. The molecule has 0 saturated carbocycles. The van der Waals surface area contributed by atoms with Gasteiger partial charge in [0.1, 0.15) is 11.6 Å². The van der Waals surface area contributed by atoms with Crippen LogP contribution in [0.4, 0.5) is 8.78 Å². The van der Waals surface area contributed by atoms with E-state index in [1.807, 2.05) is 6.92 Å². The summed E-state index contributed by atoms with van der Waals surface area (Å²) >= 11 is 0. The molecule has 2 N–H and O–H groups in total. The monoisotopic (exact) mass is 256 g/mol. The smallest absolute Gasteiger partial charge is 0.224 e. The van der Waals surface area contributed by atoms with Gasteiger partial charge < -0.3 is 10.6 Å². The Balaban J connectivity index is 2.31. The minimum atomic E-state index is -0.683. The third-order valence-corrected chi connectivity index (χ3v) is 2.47. The third kappa shape index (κ3) is 5.23. The van der Waals surface area contributed by atoms with E-state index in [1.165, 1.54) is 6.07 Å². The first-order valence-corrected chi connectivity index (χ1v) is 6.04. The SMILES string of the molecule is CCNCCCNC(=O)Cc1ccc(F)cc1F. The molecule has 18 heavy (non-hydrogen) atoms. The third-order valence-electron chi connectivity index (χ3n) is 2.47. The number of amides is 1. The first-order chi connectivity index (χ1) is 8.63. The highest BCUT2D eigenvalue weighted by Crippen LogP contribution is 2.09. The molecular formula is C13H18F2N2O. The highest BCUT2D eigenvalue weighted by atomic mass is 19.1. The molecular weight excluding hydrogens is 238 g/mol. The summed E-state index contributed by atoms with van der Waals surface area (Å²) in [6, 6.07) is 3.23. The number of nitrogens with one attached hydrogen (secondary N) is 2. The number of benzene rings is 1. The summed E-state index contributed by atoms with van der Waals surface area (Å²) in [7, 11) is 0. The number of rotatable bonds is 7. The highest BCUT2D eigenvalue weighted by Gasteiger charge is 2.08. The fraction of sp³-hybridized carbons (Fsp3) is 0.462. The van der Waals surface area contributed by atoms with Crippen LogP contribution in [0, 0.1) is 11.6 Å². The van der Waals surface area contributed by atoms with Crippen LogP contribution >= 0.6 is 0 Å². The van der Waals surface area contributed by atoms with Crippen molar-refractivity contribution in [3.8, 4) is 0 Å². The molecule has 3 nitrogen and oxygen atoms in total. The molecule has 0 aliphatic heterocycles. The number of hydrogen-bond acceptors (Lipinski definition) is 2. The van der Waals surface area contributed by atoms with Gasteiger partial charge in [0.25, 0.3) is 0 Å². The zero-order chi connectivity index (χ0) is 13.4. The van der Waals surface area contributed by atoms with E-state index in [1.54, 1.807) is 0 Å². The predicted molar refractivity (Wildman–Crippen MR) is 66.2 cm³/mol. The minimum Gasteiger partial charge on any atom is -0.356 e. The van der Waals surface area contributed by atoms with Gasteiger partial charge in [-0.15, -0.1) is 0 Å². The molecule has 5 heteroatoms. The first-order valence-electron chi connectivity index (χ1n) is 6.04.